The molecule has 2 rings (SSSR count). The van der Waals surface area contributed by atoms with Crippen LogP contribution in [-0.2, 0) is 0 Å². The number of nitrogens with zero attached hydrogens (tertiary/aromatic N) is 1. The lowest BCUT2D eigenvalue weighted by Gasteiger charge is -2.05. The first kappa shape index (κ1) is 13.5. The van der Waals surface area contributed by atoms with Gasteiger partial charge in [0, 0.05) is 0 Å². The summed E-state index contributed by atoms with van der Waals surface area (Å²) in [6.45, 7) is 0. The Hall–Kier alpha value is -1.97. The highest BCUT2D eigenvalue weighted by molar-refractivity contribution is 14.1. The number of carbonyl (C=O) groups excluding carboxylic acids is 1. The topological polar surface area (TPSA) is 85.4 Å². The molecule has 1 aromatic heterocycles. The molecule has 0 aliphatic heterocycles. The normalized spacial score (nSPS) is 10.2. The van der Waals surface area contributed by atoms with E-state index in [0.29, 0.717) is 0 Å². The first-order chi connectivity index (χ1) is 8.99. The number of benzene rings is 1. The van der Waals surface area contributed by atoms with E-state index >= 15 is 0 Å². The van der Waals surface area contributed by atoms with Gasteiger partial charge in [0.15, 0.2) is 5.76 Å². The van der Waals surface area contributed by atoms with Gasteiger partial charge in [-0.15, -0.1) is 0 Å². The quantitative estimate of drug-likeness (QED) is 0.507. The van der Waals surface area contributed by atoms with E-state index in [1.54, 1.807) is 22.6 Å². The predicted molar refractivity (Wildman–Crippen MR) is 72.4 cm³/mol. The number of rotatable bonds is 3. The maximum absolute atomic E-state index is 13.3. The Morgan fingerprint density at radius 2 is 2.11 bits per heavy atom. The van der Waals surface area contributed by atoms with Gasteiger partial charge in [0.05, 0.1) is 15.3 Å². The van der Waals surface area contributed by atoms with Crippen molar-refractivity contribution in [1.29, 1.82) is 0 Å². The molecule has 6 nitrogen and oxygen atoms in total. The second-order valence-electron chi connectivity index (χ2n) is 3.45. The smallest absolute Gasteiger partial charge is 0.395 e. The molecule has 1 amide bonds. The molecule has 1 aromatic carbocycles. The fraction of sp³-hybridized carbons (Fsp3) is 0. The molecule has 0 saturated heterocycles. The number of amides is 1. The van der Waals surface area contributed by atoms with Gasteiger partial charge in [-0.2, -0.15) is 0 Å². The average molecular weight is 376 g/mol. The Balaban J connectivity index is 2.21. The average Bonchev–Trinajstić information content (AvgIpc) is 2.84. The van der Waals surface area contributed by atoms with E-state index < -0.39 is 22.5 Å². The summed E-state index contributed by atoms with van der Waals surface area (Å²) in [7, 11) is 0. The van der Waals surface area contributed by atoms with E-state index in [1.807, 2.05) is 0 Å². The molecule has 0 saturated carbocycles. The molecule has 0 atom stereocenters. The van der Waals surface area contributed by atoms with E-state index in [-0.39, 0.29) is 15.0 Å². The number of anilines is 1. The molecule has 0 fully saturated rings. The molecule has 1 heterocycles. The lowest BCUT2D eigenvalue weighted by atomic mass is 10.3. The van der Waals surface area contributed by atoms with Crippen LogP contribution in [-0.4, -0.2) is 10.8 Å². The van der Waals surface area contributed by atoms with E-state index in [0.717, 1.165) is 6.07 Å². The van der Waals surface area contributed by atoms with Gasteiger partial charge >= 0.3 is 5.88 Å². The van der Waals surface area contributed by atoms with Crippen molar-refractivity contribution < 1.29 is 18.5 Å². The lowest BCUT2D eigenvalue weighted by Crippen LogP contribution is -2.12. The van der Waals surface area contributed by atoms with Crippen molar-refractivity contribution in [1.82, 2.24) is 0 Å². The highest BCUT2D eigenvalue weighted by Gasteiger charge is 2.18. The van der Waals surface area contributed by atoms with E-state index in [9.17, 15) is 19.3 Å². The number of hydrogen-bond donors (Lipinski definition) is 1. The summed E-state index contributed by atoms with van der Waals surface area (Å²) < 4.78 is 18.3. The second-order valence-corrected chi connectivity index (χ2v) is 4.53. The zero-order valence-corrected chi connectivity index (χ0v) is 11.4. The van der Waals surface area contributed by atoms with E-state index in [2.05, 4.69) is 5.32 Å². The van der Waals surface area contributed by atoms with Gasteiger partial charge in [-0.05, 0) is 40.8 Å². The van der Waals surface area contributed by atoms with E-state index in [4.69, 9.17) is 4.42 Å². The van der Waals surface area contributed by atoms with Crippen LogP contribution in [0.5, 0.6) is 0 Å². The van der Waals surface area contributed by atoms with Gasteiger partial charge < -0.3 is 9.73 Å². The van der Waals surface area contributed by atoms with Crippen LogP contribution >= 0.6 is 22.6 Å². The first-order valence-corrected chi connectivity index (χ1v) is 6.06. The van der Waals surface area contributed by atoms with Crippen LogP contribution in [0.4, 0.5) is 16.0 Å². The summed E-state index contributed by atoms with van der Waals surface area (Å²) in [4.78, 5) is 21.4. The summed E-state index contributed by atoms with van der Waals surface area (Å²) in [5, 5.41) is 12.8. The number of furan rings is 1. The molecule has 0 radical (unpaired) electrons. The fourth-order valence-corrected chi connectivity index (χ4v) is 1.83. The van der Waals surface area contributed by atoms with Gasteiger partial charge in [-0.1, -0.05) is 6.07 Å². The molecule has 8 heteroatoms. The minimum atomic E-state index is -0.747. The predicted octanol–water partition coefficient (Wildman–Crippen LogP) is 3.18. The Labute approximate surface area is 119 Å². The van der Waals surface area contributed by atoms with Crippen LogP contribution in [0.2, 0.25) is 0 Å². The monoisotopic (exact) mass is 376 g/mol. The maximum atomic E-state index is 13.3. The van der Waals surface area contributed by atoms with Gasteiger partial charge in [-0.3, -0.25) is 14.9 Å². The van der Waals surface area contributed by atoms with Crippen molar-refractivity contribution in [3.8, 4) is 0 Å². The number of nitrogens with one attached hydrogen (secondary N) is 1. The second kappa shape index (κ2) is 5.34. The third kappa shape index (κ3) is 2.89. The molecule has 1 N–H and O–H groups in total. The highest BCUT2D eigenvalue weighted by atomic mass is 127. The van der Waals surface area contributed by atoms with E-state index in [1.165, 1.54) is 24.3 Å². The summed E-state index contributed by atoms with van der Waals surface area (Å²) in [5.41, 5.74) is 0.268. The van der Waals surface area contributed by atoms with Gasteiger partial charge in [-0.25, -0.2) is 4.39 Å². The van der Waals surface area contributed by atoms with Crippen molar-refractivity contribution in [2.75, 3.05) is 5.32 Å². The van der Waals surface area contributed by atoms with Crippen LogP contribution < -0.4 is 5.32 Å². The Morgan fingerprint density at radius 3 is 2.74 bits per heavy atom. The SMILES string of the molecule is O=C(Nc1cccc(F)c1I)c1ccc([N+](=O)[O-])o1. The molecule has 0 bridgehead atoms. The van der Waals surface area contributed by atoms with Gasteiger partial charge in [0.2, 0.25) is 0 Å². The van der Waals surface area contributed by atoms with Crippen molar-refractivity contribution in [2.45, 2.75) is 0 Å². The van der Waals surface area contributed by atoms with Gasteiger partial charge in [0.1, 0.15) is 10.7 Å². The van der Waals surface area contributed by atoms with Crippen LogP contribution in [0.3, 0.4) is 0 Å². The Kier molecular flexibility index (Phi) is 3.79. The molecular weight excluding hydrogens is 370 g/mol. The Bertz CT molecular complexity index is 656. The van der Waals surface area contributed by atoms with Crippen molar-refractivity contribution in [2.24, 2.45) is 0 Å². The fourth-order valence-electron chi connectivity index (χ4n) is 1.33. The van der Waals surface area contributed by atoms with Crippen molar-refractivity contribution in [3.05, 3.63) is 55.6 Å². The summed E-state index contributed by atoms with van der Waals surface area (Å²) >= 11 is 1.74. The largest absolute Gasteiger partial charge is 0.433 e. The van der Waals surface area contributed by atoms with Crippen LogP contribution in [0.1, 0.15) is 10.6 Å². The van der Waals surface area contributed by atoms with Crippen molar-refractivity contribution in [3.63, 3.8) is 0 Å². The summed E-state index contributed by atoms with van der Waals surface area (Å²) in [5.74, 6) is -1.90. The van der Waals surface area contributed by atoms with Crippen LogP contribution in [0, 0.1) is 19.5 Å². The zero-order valence-electron chi connectivity index (χ0n) is 9.22. The van der Waals surface area contributed by atoms with Crippen LogP contribution in [0.25, 0.3) is 0 Å². The third-order valence-corrected chi connectivity index (χ3v) is 3.29. The lowest BCUT2D eigenvalue weighted by molar-refractivity contribution is -0.402. The summed E-state index contributed by atoms with van der Waals surface area (Å²) in [6, 6.07) is 6.47. The minimum Gasteiger partial charge on any atom is -0.395 e. The van der Waals surface area contributed by atoms with Crippen LogP contribution in [0.15, 0.2) is 34.7 Å². The molecule has 98 valence electrons. The molecule has 0 aliphatic carbocycles. The summed E-state index contributed by atoms with van der Waals surface area (Å²) in [6.07, 6.45) is 0. The molecule has 0 spiro atoms. The number of nitro groups is 1. The zero-order chi connectivity index (χ0) is 14.0. The molecule has 19 heavy (non-hydrogen) atoms. The number of carbonyl (C=O) groups is 1. The minimum absolute atomic E-state index is 0.216. The third-order valence-electron chi connectivity index (χ3n) is 2.20. The molecular formula is C11H6FIN2O4. The first-order valence-electron chi connectivity index (χ1n) is 4.98. The Morgan fingerprint density at radius 1 is 1.37 bits per heavy atom. The van der Waals surface area contributed by atoms with Gasteiger partial charge in [0.25, 0.3) is 5.91 Å². The molecule has 0 unspecified atom stereocenters. The standard InChI is InChI=1S/C11H6FIN2O4/c12-6-2-1-3-7(10(6)13)14-11(16)8-4-5-9(19-8)15(17)18/h1-5H,(H,14,16). The molecule has 2 aromatic rings. The molecule has 0 aliphatic rings. The van der Waals surface area contributed by atoms with Crippen molar-refractivity contribution >= 4 is 40.1 Å². The maximum Gasteiger partial charge on any atom is 0.433 e. The number of halogens is 2. The highest BCUT2D eigenvalue weighted by Crippen LogP contribution is 2.22. The number of hydrogen-bond acceptors (Lipinski definition) is 4.